The van der Waals surface area contributed by atoms with E-state index >= 15 is 0 Å². The van der Waals surface area contributed by atoms with E-state index in [1.165, 1.54) is 0 Å². The molecule has 1 rings (SSSR count). The summed E-state index contributed by atoms with van der Waals surface area (Å²) in [5, 5.41) is 12.4. The molecule has 0 bridgehead atoms. The Hall–Kier alpha value is -3.19. The second-order valence-electron chi connectivity index (χ2n) is 9.53. The van der Waals surface area contributed by atoms with E-state index in [4.69, 9.17) is 29.2 Å². The molecule has 2 amide bonds. The van der Waals surface area contributed by atoms with Crippen LogP contribution < -0.4 is 20.7 Å². The smallest absolute Gasteiger partial charge is 0.246 e. The number of anilines is 1. The zero-order valence-corrected chi connectivity index (χ0v) is 24.7. The molecule has 0 radical (unpaired) electrons. The van der Waals surface area contributed by atoms with Crippen LogP contribution in [0.1, 0.15) is 34.1 Å². The van der Waals surface area contributed by atoms with Crippen molar-refractivity contribution in [1.29, 1.82) is 0 Å². The third-order valence-electron chi connectivity index (χ3n) is 5.04. The Labute approximate surface area is 242 Å². The van der Waals surface area contributed by atoms with Gasteiger partial charge in [0.1, 0.15) is 19.0 Å². The van der Waals surface area contributed by atoms with Crippen molar-refractivity contribution in [2.24, 2.45) is 11.0 Å². The topological polar surface area (TPSA) is 165 Å². The number of ether oxygens (including phenoxy) is 5. The maximum absolute atomic E-state index is 12.2. The average molecular weight is 579 g/mol. The van der Waals surface area contributed by atoms with Gasteiger partial charge in [-0.2, -0.15) is 0 Å². The quantitative estimate of drug-likeness (QED) is 0.0552. The third-order valence-corrected chi connectivity index (χ3v) is 5.04. The molecule has 0 saturated carbocycles. The number of benzene rings is 1. The summed E-state index contributed by atoms with van der Waals surface area (Å²) >= 11 is 0. The molecular weight excluding hydrogens is 532 g/mol. The van der Waals surface area contributed by atoms with E-state index < -0.39 is 6.23 Å². The van der Waals surface area contributed by atoms with Crippen LogP contribution in [0.3, 0.4) is 0 Å². The first-order valence-corrected chi connectivity index (χ1v) is 13.9. The number of carbonyl (C=O) groups excluding carboxylic acids is 2. The van der Waals surface area contributed by atoms with E-state index in [1.807, 2.05) is 12.2 Å². The minimum Gasteiger partial charge on any atom is -0.491 e. The first-order chi connectivity index (χ1) is 19.8. The lowest BCUT2D eigenvalue weighted by Gasteiger charge is -2.15. The second-order valence-corrected chi connectivity index (χ2v) is 9.53. The van der Waals surface area contributed by atoms with Crippen LogP contribution in [0.4, 0.5) is 5.69 Å². The highest BCUT2D eigenvalue weighted by Gasteiger charge is 2.10. The number of nitrogens with one attached hydrogen (secondary N) is 3. The Morgan fingerprint density at radius 1 is 1.00 bits per heavy atom. The molecule has 0 aromatic heterocycles. The van der Waals surface area contributed by atoms with Crippen molar-refractivity contribution >= 4 is 17.5 Å². The normalized spacial score (nSPS) is 12.0. The molecule has 0 unspecified atom stereocenters. The summed E-state index contributed by atoms with van der Waals surface area (Å²) < 4.78 is 27.4. The zero-order chi connectivity index (χ0) is 30.1. The molecule has 3 N–H and O–H groups in total. The van der Waals surface area contributed by atoms with Gasteiger partial charge in [-0.25, -0.2) is 0 Å². The van der Waals surface area contributed by atoms with Gasteiger partial charge in [-0.15, -0.1) is 0 Å². The SMILES string of the molecule is CC(C)/C=C/CNC(=O)COCCO[C@H](COc1cccc(NC(=O)CCOCCOCCNC(C)C)c1)N=[N+]=[N-]. The van der Waals surface area contributed by atoms with Crippen molar-refractivity contribution in [3.05, 3.63) is 46.9 Å². The molecule has 13 nitrogen and oxygen atoms in total. The third kappa shape index (κ3) is 21.3. The Morgan fingerprint density at radius 2 is 1.76 bits per heavy atom. The van der Waals surface area contributed by atoms with Crippen LogP contribution in [0.5, 0.6) is 5.75 Å². The van der Waals surface area contributed by atoms with Gasteiger partial charge in [-0.1, -0.05) is 51.0 Å². The summed E-state index contributed by atoms with van der Waals surface area (Å²) in [6, 6.07) is 7.26. The molecule has 0 aliphatic heterocycles. The van der Waals surface area contributed by atoms with Crippen molar-refractivity contribution < 1.29 is 33.3 Å². The number of allylic oxidation sites excluding steroid dienone is 1. The molecule has 0 saturated heterocycles. The summed E-state index contributed by atoms with van der Waals surface area (Å²) in [6.45, 7) is 11.4. The fourth-order valence-corrected chi connectivity index (χ4v) is 3.11. The monoisotopic (exact) mass is 578 g/mol. The van der Waals surface area contributed by atoms with Crippen LogP contribution >= 0.6 is 0 Å². The predicted octanol–water partition coefficient (Wildman–Crippen LogP) is 3.42. The molecule has 13 heteroatoms. The van der Waals surface area contributed by atoms with Crippen LogP contribution in [0, 0.1) is 5.92 Å². The van der Waals surface area contributed by atoms with Gasteiger partial charge in [0.2, 0.25) is 11.8 Å². The molecule has 0 spiro atoms. The van der Waals surface area contributed by atoms with Gasteiger partial charge in [0.15, 0.2) is 6.23 Å². The number of carbonyl (C=O) groups is 2. The first-order valence-electron chi connectivity index (χ1n) is 13.9. The number of amides is 2. The lowest BCUT2D eigenvalue weighted by atomic mass is 10.2. The van der Waals surface area contributed by atoms with Crippen molar-refractivity contribution in [3.8, 4) is 5.75 Å². The molecule has 1 aromatic carbocycles. The van der Waals surface area contributed by atoms with Crippen LogP contribution in [0.15, 0.2) is 41.5 Å². The molecule has 230 valence electrons. The maximum Gasteiger partial charge on any atom is 0.246 e. The van der Waals surface area contributed by atoms with Crippen LogP contribution in [-0.2, 0) is 28.5 Å². The Bertz CT molecular complexity index is 938. The van der Waals surface area contributed by atoms with Gasteiger partial charge in [-0.05, 0) is 23.6 Å². The fourth-order valence-electron chi connectivity index (χ4n) is 3.11. The summed E-state index contributed by atoms with van der Waals surface area (Å²) in [7, 11) is 0. The van der Waals surface area contributed by atoms with Gasteiger partial charge >= 0.3 is 0 Å². The molecule has 1 atom stereocenters. The Kier molecular flexibility index (Phi) is 20.5. The number of hydrogen-bond donors (Lipinski definition) is 3. The Balaban J connectivity index is 2.25. The minimum absolute atomic E-state index is 0.0480. The summed E-state index contributed by atoms with van der Waals surface area (Å²) in [5.74, 6) is 0.459. The summed E-state index contributed by atoms with van der Waals surface area (Å²) in [6.07, 6.45) is 3.20. The van der Waals surface area contributed by atoms with Gasteiger partial charge in [0, 0.05) is 35.8 Å². The molecule has 0 aliphatic rings. The lowest BCUT2D eigenvalue weighted by molar-refractivity contribution is -0.126. The summed E-state index contributed by atoms with van der Waals surface area (Å²) in [5.41, 5.74) is 9.38. The highest BCUT2D eigenvalue weighted by atomic mass is 16.6. The molecule has 0 heterocycles. The van der Waals surface area contributed by atoms with Gasteiger partial charge in [-0.3, -0.25) is 9.59 Å². The second kappa shape index (κ2) is 23.5. The van der Waals surface area contributed by atoms with E-state index in [-0.39, 0.29) is 51.3 Å². The standard InChI is InChI=1S/C28H46N6O7/c1-22(2)7-6-11-31-27(36)20-39-17-18-40-28(33-34-29)21-41-25-9-5-8-24(19-25)32-26(35)10-13-37-15-16-38-14-12-30-23(3)4/h5-9,19,22-23,28,30H,10-18,20-21H2,1-4H3,(H,31,36)(H,32,35)/b7-6+/t28-/m1/s1. The number of hydrogen-bond acceptors (Lipinski definition) is 9. The highest BCUT2D eigenvalue weighted by Crippen LogP contribution is 2.18. The van der Waals surface area contributed by atoms with Crippen LogP contribution in [0.25, 0.3) is 10.4 Å². The molecule has 0 fully saturated rings. The molecule has 1 aromatic rings. The van der Waals surface area contributed by atoms with Gasteiger partial charge < -0.3 is 39.6 Å². The maximum atomic E-state index is 12.2. The van der Waals surface area contributed by atoms with Gasteiger partial charge in [0.25, 0.3) is 0 Å². The highest BCUT2D eigenvalue weighted by molar-refractivity contribution is 5.90. The minimum atomic E-state index is -0.899. The Morgan fingerprint density at radius 3 is 2.49 bits per heavy atom. The van der Waals surface area contributed by atoms with Gasteiger partial charge in [0.05, 0.1) is 46.1 Å². The van der Waals surface area contributed by atoms with Crippen LogP contribution in [-0.4, -0.2) is 90.0 Å². The van der Waals surface area contributed by atoms with E-state index in [0.29, 0.717) is 49.8 Å². The van der Waals surface area contributed by atoms with Crippen LogP contribution in [0.2, 0.25) is 0 Å². The van der Waals surface area contributed by atoms with E-state index in [1.54, 1.807) is 24.3 Å². The van der Waals surface area contributed by atoms with E-state index in [9.17, 15) is 9.59 Å². The lowest BCUT2D eigenvalue weighted by Crippen LogP contribution is -2.28. The molecule has 0 aliphatic carbocycles. The van der Waals surface area contributed by atoms with Crippen molar-refractivity contribution in [2.75, 3.05) is 71.3 Å². The average Bonchev–Trinajstić information content (AvgIpc) is 2.92. The number of nitrogens with zero attached hydrogens (tertiary/aromatic N) is 3. The molecular formula is C28H46N6O7. The van der Waals surface area contributed by atoms with Crippen molar-refractivity contribution in [2.45, 2.75) is 46.4 Å². The zero-order valence-electron chi connectivity index (χ0n) is 24.7. The predicted molar refractivity (Wildman–Crippen MR) is 157 cm³/mol. The fraction of sp³-hybridized carbons (Fsp3) is 0.643. The summed E-state index contributed by atoms with van der Waals surface area (Å²) in [4.78, 5) is 26.8. The number of rotatable bonds is 24. The van der Waals surface area contributed by atoms with Crippen molar-refractivity contribution in [1.82, 2.24) is 10.6 Å². The van der Waals surface area contributed by atoms with E-state index in [0.717, 1.165) is 6.54 Å². The van der Waals surface area contributed by atoms with E-state index in [2.05, 4.69) is 53.7 Å². The molecule has 41 heavy (non-hydrogen) atoms. The number of azide groups is 1. The van der Waals surface area contributed by atoms with Crippen molar-refractivity contribution in [3.63, 3.8) is 0 Å². The largest absolute Gasteiger partial charge is 0.491 e. The first kappa shape index (κ1) is 35.8.